The topological polar surface area (TPSA) is 12.0 Å². The summed E-state index contributed by atoms with van der Waals surface area (Å²) < 4.78 is 0. The number of hydrogen-bond acceptors (Lipinski definition) is 1. The van der Waals surface area contributed by atoms with E-state index in [2.05, 4.69) is 46.9 Å². The van der Waals surface area contributed by atoms with E-state index in [9.17, 15) is 0 Å². The lowest BCUT2D eigenvalue weighted by molar-refractivity contribution is 0.188. The first-order chi connectivity index (χ1) is 9.35. The van der Waals surface area contributed by atoms with E-state index >= 15 is 0 Å². The lowest BCUT2D eigenvalue weighted by Crippen LogP contribution is -2.39. The van der Waals surface area contributed by atoms with Crippen LogP contribution in [0.5, 0.6) is 0 Å². The SMILES string of the molecule is CCC(CC)C1CC[C@H](CNC(C)(C)C)CCC(C)C1. The third kappa shape index (κ3) is 6.61. The van der Waals surface area contributed by atoms with Crippen molar-refractivity contribution in [3.05, 3.63) is 0 Å². The molecule has 0 saturated heterocycles. The van der Waals surface area contributed by atoms with E-state index < -0.39 is 0 Å². The van der Waals surface area contributed by atoms with Crippen LogP contribution in [0.1, 0.15) is 86.5 Å². The maximum absolute atomic E-state index is 3.73. The van der Waals surface area contributed by atoms with Crippen molar-refractivity contribution in [1.82, 2.24) is 5.32 Å². The highest BCUT2D eigenvalue weighted by atomic mass is 14.9. The van der Waals surface area contributed by atoms with Crippen LogP contribution >= 0.6 is 0 Å². The average molecular weight is 282 g/mol. The van der Waals surface area contributed by atoms with Gasteiger partial charge in [0.25, 0.3) is 0 Å². The summed E-state index contributed by atoms with van der Waals surface area (Å²) in [6, 6.07) is 0. The van der Waals surface area contributed by atoms with Crippen LogP contribution in [0, 0.1) is 23.7 Å². The third-order valence-electron chi connectivity index (χ3n) is 5.36. The van der Waals surface area contributed by atoms with Gasteiger partial charge in [-0.3, -0.25) is 0 Å². The summed E-state index contributed by atoms with van der Waals surface area (Å²) in [7, 11) is 0. The molecular weight excluding hydrogens is 242 g/mol. The Morgan fingerprint density at radius 2 is 1.60 bits per heavy atom. The predicted octanol–water partition coefficient (Wildman–Crippen LogP) is 5.64. The van der Waals surface area contributed by atoms with E-state index in [1.807, 2.05) is 0 Å². The summed E-state index contributed by atoms with van der Waals surface area (Å²) >= 11 is 0. The molecule has 1 aliphatic carbocycles. The number of nitrogens with one attached hydrogen (secondary N) is 1. The van der Waals surface area contributed by atoms with Gasteiger partial charge in [-0.2, -0.15) is 0 Å². The second-order valence-corrected chi connectivity index (χ2v) is 8.33. The van der Waals surface area contributed by atoms with E-state index in [0.717, 1.165) is 23.7 Å². The van der Waals surface area contributed by atoms with Gasteiger partial charge in [-0.05, 0) is 76.7 Å². The molecule has 1 heteroatoms. The monoisotopic (exact) mass is 281 g/mol. The highest BCUT2D eigenvalue weighted by Gasteiger charge is 2.25. The summed E-state index contributed by atoms with van der Waals surface area (Å²) in [6.45, 7) is 15.3. The fraction of sp³-hybridized carbons (Fsp3) is 1.00. The summed E-state index contributed by atoms with van der Waals surface area (Å²) in [5.74, 6) is 3.77. The van der Waals surface area contributed by atoms with Crippen molar-refractivity contribution in [3.63, 3.8) is 0 Å². The van der Waals surface area contributed by atoms with E-state index in [1.165, 1.54) is 51.5 Å². The first kappa shape index (κ1) is 18.0. The van der Waals surface area contributed by atoms with Gasteiger partial charge in [0.2, 0.25) is 0 Å². The van der Waals surface area contributed by atoms with Crippen LogP contribution < -0.4 is 5.32 Å². The normalized spacial score (nSPS) is 29.2. The quantitative estimate of drug-likeness (QED) is 0.687. The van der Waals surface area contributed by atoms with Gasteiger partial charge in [-0.15, -0.1) is 0 Å². The van der Waals surface area contributed by atoms with Crippen LogP contribution in [0.4, 0.5) is 0 Å². The first-order valence-electron chi connectivity index (χ1n) is 9.10. The van der Waals surface area contributed by atoms with Crippen molar-refractivity contribution in [2.24, 2.45) is 23.7 Å². The van der Waals surface area contributed by atoms with Gasteiger partial charge in [0.1, 0.15) is 0 Å². The fourth-order valence-electron chi connectivity index (χ4n) is 3.91. The molecule has 2 unspecified atom stereocenters. The second kappa shape index (κ2) is 8.41. The summed E-state index contributed by atoms with van der Waals surface area (Å²) in [6.07, 6.45) is 10.0. The highest BCUT2D eigenvalue weighted by molar-refractivity contribution is 4.79. The van der Waals surface area contributed by atoms with Crippen LogP contribution in [-0.2, 0) is 0 Å². The molecule has 0 aromatic carbocycles. The van der Waals surface area contributed by atoms with Crippen molar-refractivity contribution in [1.29, 1.82) is 0 Å². The smallest absolute Gasteiger partial charge is 0.00966 e. The van der Waals surface area contributed by atoms with Crippen LogP contribution in [0.15, 0.2) is 0 Å². The molecule has 1 nitrogen and oxygen atoms in total. The fourth-order valence-corrected chi connectivity index (χ4v) is 3.91. The van der Waals surface area contributed by atoms with Crippen molar-refractivity contribution < 1.29 is 0 Å². The molecule has 0 aromatic heterocycles. The molecule has 0 heterocycles. The Labute approximate surface area is 128 Å². The van der Waals surface area contributed by atoms with E-state index in [0.29, 0.717) is 0 Å². The number of rotatable bonds is 5. The molecule has 0 spiro atoms. The lowest BCUT2D eigenvalue weighted by Gasteiger charge is -2.34. The molecule has 20 heavy (non-hydrogen) atoms. The van der Waals surface area contributed by atoms with Crippen LogP contribution in [-0.4, -0.2) is 12.1 Å². The maximum Gasteiger partial charge on any atom is 0.00966 e. The van der Waals surface area contributed by atoms with Gasteiger partial charge >= 0.3 is 0 Å². The Morgan fingerprint density at radius 3 is 2.15 bits per heavy atom. The Kier molecular flexibility index (Phi) is 7.58. The molecule has 1 rings (SSSR count). The largest absolute Gasteiger partial charge is 0.312 e. The summed E-state index contributed by atoms with van der Waals surface area (Å²) in [5.41, 5.74) is 0.267. The van der Waals surface area contributed by atoms with Crippen molar-refractivity contribution >= 4 is 0 Å². The minimum absolute atomic E-state index is 0.267. The zero-order valence-electron chi connectivity index (χ0n) is 15.0. The second-order valence-electron chi connectivity index (χ2n) is 8.33. The molecule has 0 aromatic rings. The van der Waals surface area contributed by atoms with Gasteiger partial charge in [0, 0.05) is 5.54 Å². The van der Waals surface area contributed by atoms with Gasteiger partial charge in [-0.1, -0.05) is 40.0 Å². The maximum atomic E-state index is 3.73. The predicted molar refractivity (Wildman–Crippen MR) is 91.1 cm³/mol. The van der Waals surface area contributed by atoms with E-state index in [1.54, 1.807) is 0 Å². The molecular formula is C19H39N. The Hall–Kier alpha value is -0.0400. The van der Waals surface area contributed by atoms with Crippen LogP contribution in [0.25, 0.3) is 0 Å². The van der Waals surface area contributed by atoms with Crippen molar-refractivity contribution in [2.75, 3.05) is 6.54 Å². The molecule has 0 aliphatic heterocycles. The standard InChI is InChI=1S/C19H39N/c1-7-17(8-2)18-12-11-16(10-9-15(3)13-18)14-20-19(4,5)6/h15-18,20H,7-14H2,1-6H3/t15?,16-,18?/m1/s1. The minimum atomic E-state index is 0.267. The Balaban J connectivity index is 2.53. The van der Waals surface area contributed by atoms with Gasteiger partial charge in [-0.25, -0.2) is 0 Å². The van der Waals surface area contributed by atoms with Crippen LogP contribution in [0.3, 0.4) is 0 Å². The Morgan fingerprint density at radius 1 is 1.00 bits per heavy atom. The molecule has 3 atom stereocenters. The molecule has 1 N–H and O–H groups in total. The molecule has 120 valence electrons. The zero-order chi connectivity index (χ0) is 15.2. The van der Waals surface area contributed by atoms with E-state index in [4.69, 9.17) is 0 Å². The highest BCUT2D eigenvalue weighted by Crippen LogP contribution is 2.36. The first-order valence-corrected chi connectivity index (χ1v) is 9.10. The molecule has 0 radical (unpaired) electrons. The van der Waals surface area contributed by atoms with E-state index in [-0.39, 0.29) is 5.54 Å². The number of hydrogen-bond donors (Lipinski definition) is 1. The van der Waals surface area contributed by atoms with Crippen molar-refractivity contribution in [2.45, 2.75) is 92.0 Å². The molecule has 0 bridgehead atoms. The van der Waals surface area contributed by atoms with Crippen molar-refractivity contribution in [3.8, 4) is 0 Å². The Bertz CT molecular complexity index is 249. The average Bonchev–Trinajstić information content (AvgIpc) is 2.35. The molecule has 1 fully saturated rings. The minimum Gasteiger partial charge on any atom is -0.312 e. The summed E-state index contributed by atoms with van der Waals surface area (Å²) in [4.78, 5) is 0. The van der Waals surface area contributed by atoms with Gasteiger partial charge in [0.05, 0.1) is 0 Å². The molecule has 0 amide bonds. The summed E-state index contributed by atoms with van der Waals surface area (Å²) in [5, 5.41) is 3.73. The van der Waals surface area contributed by atoms with Crippen LogP contribution in [0.2, 0.25) is 0 Å². The third-order valence-corrected chi connectivity index (χ3v) is 5.36. The lowest BCUT2D eigenvalue weighted by atomic mass is 9.74. The molecule has 1 saturated carbocycles. The van der Waals surface area contributed by atoms with Gasteiger partial charge < -0.3 is 5.32 Å². The van der Waals surface area contributed by atoms with Gasteiger partial charge in [0.15, 0.2) is 0 Å². The zero-order valence-corrected chi connectivity index (χ0v) is 15.0. The molecule has 1 aliphatic rings.